The van der Waals surface area contributed by atoms with Crippen LogP contribution in [0.4, 0.5) is 0 Å². The van der Waals surface area contributed by atoms with Crippen molar-refractivity contribution in [3.8, 4) is 0 Å². The summed E-state index contributed by atoms with van der Waals surface area (Å²) in [5.41, 5.74) is 2.01. The Labute approximate surface area is 163 Å². The van der Waals surface area contributed by atoms with Gasteiger partial charge in [0.2, 0.25) is 0 Å². The van der Waals surface area contributed by atoms with Crippen LogP contribution in [-0.2, 0) is 19.0 Å². The first-order valence-electron chi connectivity index (χ1n) is 11.0. The molecule has 1 aliphatic heterocycles. The summed E-state index contributed by atoms with van der Waals surface area (Å²) in [5.74, 6) is 1.76. The molecule has 0 aromatic rings. The van der Waals surface area contributed by atoms with E-state index in [1.807, 2.05) is 0 Å². The third kappa shape index (κ3) is 2.45. The van der Waals surface area contributed by atoms with Crippen molar-refractivity contribution in [1.29, 1.82) is 0 Å². The topological polar surface area (TPSA) is 44.8 Å². The lowest BCUT2D eigenvalue weighted by molar-refractivity contribution is -0.242. The molecular weight excluding hydrogens is 340 g/mol. The quantitative estimate of drug-likeness (QED) is 0.496. The van der Waals surface area contributed by atoms with Gasteiger partial charge in [-0.1, -0.05) is 25.5 Å². The second kappa shape index (κ2) is 6.06. The van der Waals surface area contributed by atoms with Crippen molar-refractivity contribution >= 4 is 5.97 Å². The fourth-order valence-corrected chi connectivity index (χ4v) is 7.85. The summed E-state index contributed by atoms with van der Waals surface area (Å²) < 4.78 is 18.1. The first kappa shape index (κ1) is 18.2. The van der Waals surface area contributed by atoms with Crippen molar-refractivity contribution in [2.24, 2.45) is 28.6 Å². The predicted octanol–water partition coefficient (Wildman–Crippen LogP) is 4.62. The lowest BCUT2D eigenvalue weighted by atomic mass is 9.47. The minimum atomic E-state index is -0.305. The van der Waals surface area contributed by atoms with Crippen molar-refractivity contribution in [2.45, 2.75) is 84.0 Å². The standard InChI is InChI=1S/C23H34O4/c1-15(24)27-17-6-9-21(2)16(14-17)4-5-18-19(21)7-10-22(3)20(18)8-11-23(22)25-12-13-26-23/h4,17-20H,5-14H2,1-3H3/t17-,18?,19?,20?,21-,22-/m0/s1. The Bertz CT molecular complexity index is 663. The number of hydrogen-bond donors (Lipinski definition) is 0. The molecule has 4 nitrogen and oxygen atoms in total. The van der Waals surface area contributed by atoms with E-state index in [1.54, 1.807) is 5.57 Å². The average Bonchev–Trinajstić information content (AvgIpc) is 3.21. The van der Waals surface area contributed by atoms with Crippen LogP contribution in [0.2, 0.25) is 0 Å². The van der Waals surface area contributed by atoms with Crippen LogP contribution in [0.25, 0.3) is 0 Å². The highest BCUT2D eigenvalue weighted by molar-refractivity contribution is 5.66. The molecule has 4 fully saturated rings. The summed E-state index contributed by atoms with van der Waals surface area (Å²) in [7, 11) is 0. The van der Waals surface area contributed by atoms with Gasteiger partial charge in [-0.25, -0.2) is 0 Å². The summed E-state index contributed by atoms with van der Waals surface area (Å²) in [6.07, 6.45) is 11.7. The van der Waals surface area contributed by atoms with Gasteiger partial charge < -0.3 is 14.2 Å². The van der Waals surface area contributed by atoms with Gasteiger partial charge in [-0.15, -0.1) is 0 Å². The van der Waals surface area contributed by atoms with Gasteiger partial charge in [0.05, 0.1) is 13.2 Å². The van der Waals surface area contributed by atoms with E-state index >= 15 is 0 Å². The Kier molecular flexibility index (Phi) is 4.08. The van der Waals surface area contributed by atoms with Crippen LogP contribution in [0, 0.1) is 28.6 Å². The third-order valence-corrected chi connectivity index (χ3v) is 9.19. The number of allylic oxidation sites excluding steroid dienone is 1. The molecule has 0 aromatic heterocycles. The molecule has 0 amide bonds. The highest BCUT2D eigenvalue weighted by Crippen LogP contribution is 2.68. The van der Waals surface area contributed by atoms with Crippen LogP contribution in [0.1, 0.15) is 72.1 Å². The Hall–Kier alpha value is -0.870. The molecular formula is C23H34O4. The fourth-order valence-electron chi connectivity index (χ4n) is 7.85. The number of hydrogen-bond acceptors (Lipinski definition) is 4. The zero-order valence-corrected chi connectivity index (χ0v) is 17.1. The van der Waals surface area contributed by atoms with Gasteiger partial charge in [0.25, 0.3) is 0 Å². The number of ether oxygens (including phenoxy) is 3. The van der Waals surface area contributed by atoms with Gasteiger partial charge in [-0.3, -0.25) is 4.79 Å². The number of carbonyl (C=O) groups is 1. The molecule has 6 atom stereocenters. The van der Waals surface area contributed by atoms with E-state index in [2.05, 4.69) is 19.9 Å². The molecule has 5 aliphatic rings. The SMILES string of the molecule is CC(=O)O[C@H]1CC[C@@]2(C)C(=CCC3C2CC[C@@]2(C)C3CCC23OCCO3)C1. The van der Waals surface area contributed by atoms with Crippen molar-refractivity contribution < 1.29 is 19.0 Å². The maximum Gasteiger partial charge on any atom is 0.302 e. The van der Waals surface area contributed by atoms with Gasteiger partial charge in [-0.05, 0) is 61.7 Å². The molecule has 0 aromatic carbocycles. The normalized spacial score (nSPS) is 47.7. The highest BCUT2D eigenvalue weighted by Gasteiger charge is 2.66. The highest BCUT2D eigenvalue weighted by atomic mass is 16.7. The Morgan fingerprint density at radius 2 is 1.81 bits per heavy atom. The smallest absolute Gasteiger partial charge is 0.302 e. The second-order valence-electron chi connectivity index (χ2n) is 10.2. The Balaban J connectivity index is 1.41. The van der Waals surface area contributed by atoms with Gasteiger partial charge in [0.1, 0.15) is 6.10 Å². The lowest BCUT2D eigenvalue weighted by Crippen LogP contribution is -2.55. The van der Waals surface area contributed by atoms with E-state index in [-0.39, 0.29) is 28.7 Å². The van der Waals surface area contributed by atoms with Crippen LogP contribution in [0.15, 0.2) is 11.6 Å². The Morgan fingerprint density at radius 3 is 2.56 bits per heavy atom. The van der Waals surface area contributed by atoms with Crippen molar-refractivity contribution in [2.75, 3.05) is 13.2 Å². The molecule has 3 unspecified atom stereocenters. The van der Waals surface area contributed by atoms with Crippen molar-refractivity contribution in [3.05, 3.63) is 11.6 Å². The summed E-state index contributed by atoms with van der Waals surface area (Å²) in [6.45, 7) is 8.00. The van der Waals surface area contributed by atoms with E-state index in [9.17, 15) is 4.79 Å². The van der Waals surface area contributed by atoms with Crippen molar-refractivity contribution in [3.63, 3.8) is 0 Å². The number of fused-ring (bicyclic) bond motifs is 6. The van der Waals surface area contributed by atoms with E-state index in [1.165, 1.54) is 32.6 Å². The fraction of sp³-hybridized carbons (Fsp3) is 0.870. The van der Waals surface area contributed by atoms with Gasteiger partial charge in [0.15, 0.2) is 5.79 Å². The molecule has 1 spiro atoms. The molecule has 4 aliphatic carbocycles. The van der Waals surface area contributed by atoms with Crippen LogP contribution >= 0.6 is 0 Å². The largest absolute Gasteiger partial charge is 0.462 e. The lowest BCUT2D eigenvalue weighted by Gasteiger charge is -2.58. The molecule has 3 saturated carbocycles. The molecule has 1 heterocycles. The zero-order chi connectivity index (χ0) is 18.9. The third-order valence-electron chi connectivity index (χ3n) is 9.19. The summed E-state index contributed by atoms with van der Waals surface area (Å²) >= 11 is 0. The number of carbonyl (C=O) groups excluding carboxylic acids is 1. The monoisotopic (exact) mass is 374 g/mol. The summed E-state index contributed by atoms with van der Waals surface area (Å²) in [4.78, 5) is 11.4. The molecule has 1 saturated heterocycles. The maximum absolute atomic E-state index is 11.4. The second-order valence-corrected chi connectivity index (χ2v) is 10.2. The Morgan fingerprint density at radius 1 is 1.07 bits per heavy atom. The van der Waals surface area contributed by atoms with Crippen LogP contribution in [0.5, 0.6) is 0 Å². The average molecular weight is 375 g/mol. The molecule has 0 bridgehead atoms. The van der Waals surface area contributed by atoms with Crippen molar-refractivity contribution in [1.82, 2.24) is 0 Å². The minimum absolute atomic E-state index is 0.0854. The molecule has 150 valence electrons. The first-order valence-corrected chi connectivity index (χ1v) is 11.0. The molecule has 4 heteroatoms. The van der Waals surface area contributed by atoms with E-state index < -0.39 is 0 Å². The van der Waals surface area contributed by atoms with E-state index in [0.717, 1.165) is 50.7 Å². The predicted molar refractivity (Wildman–Crippen MR) is 102 cm³/mol. The first-order chi connectivity index (χ1) is 12.9. The van der Waals surface area contributed by atoms with Gasteiger partial charge >= 0.3 is 5.97 Å². The van der Waals surface area contributed by atoms with E-state index in [0.29, 0.717) is 5.92 Å². The molecule has 0 radical (unpaired) electrons. The van der Waals surface area contributed by atoms with Gasteiger partial charge in [-0.2, -0.15) is 0 Å². The summed E-state index contributed by atoms with van der Waals surface area (Å²) in [5, 5.41) is 0. The molecule has 27 heavy (non-hydrogen) atoms. The molecule has 0 N–H and O–H groups in total. The van der Waals surface area contributed by atoms with Crippen LogP contribution in [-0.4, -0.2) is 31.1 Å². The molecule has 5 rings (SSSR count). The number of esters is 1. The van der Waals surface area contributed by atoms with Crippen LogP contribution < -0.4 is 0 Å². The minimum Gasteiger partial charge on any atom is -0.462 e. The summed E-state index contributed by atoms with van der Waals surface area (Å²) in [6, 6.07) is 0. The maximum atomic E-state index is 11.4. The van der Waals surface area contributed by atoms with Crippen LogP contribution in [0.3, 0.4) is 0 Å². The van der Waals surface area contributed by atoms with E-state index in [4.69, 9.17) is 14.2 Å². The number of rotatable bonds is 1. The zero-order valence-electron chi connectivity index (χ0n) is 17.1. The van der Waals surface area contributed by atoms with Gasteiger partial charge in [0, 0.05) is 25.2 Å².